The zero-order chi connectivity index (χ0) is 20.4. The summed E-state index contributed by atoms with van der Waals surface area (Å²) in [6, 6.07) is 14.5. The number of hydrogen-bond donors (Lipinski definition) is 2. The highest BCUT2D eigenvalue weighted by atomic mass is 16.3. The van der Waals surface area contributed by atoms with Crippen LogP contribution in [-0.2, 0) is 9.59 Å². The third-order valence-corrected chi connectivity index (χ3v) is 5.57. The van der Waals surface area contributed by atoms with Crippen molar-refractivity contribution in [3.8, 4) is 5.75 Å². The molecule has 0 unspecified atom stereocenters. The molecule has 1 saturated heterocycles. The van der Waals surface area contributed by atoms with Crippen LogP contribution in [0.4, 0.5) is 17.1 Å². The van der Waals surface area contributed by atoms with E-state index in [4.69, 9.17) is 0 Å². The van der Waals surface area contributed by atoms with Crippen molar-refractivity contribution < 1.29 is 14.7 Å². The maximum atomic E-state index is 13.2. The van der Waals surface area contributed by atoms with Crippen LogP contribution in [0.1, 0.15) is 13.3 Å². The third kappa shape index (κ3) is 4.19. The molecule has 2 aliphatic rings. The molecule has 1 fully saturated rings. The van der Waals surface area contributed by atoms with Crippen LogP contribution in [-0.4, -0.2) is 60.6 Å². The molecule has 2 aliphatic heterocycles. The minimum atomic E-state index is -0.190. The average molecular weight is 394 g/mol. The van der Waals surface area contributed by atoms with Gasteiger partial charge in [0.25, 0.3) is 0 Å². The summed E-state index contributed by atoms with van der Waals surface area (Å²) in [4.78, 5) is 31.5. The summed E-state index contributed by atoms with van der Waals surface area (Å²) < 4.78 is 0. The number of phenols is 1. The molecule has 2 amide bonds. The summed E-state index contributed by atoms with van der Waals surface area (Å²) in [5, 5.41) is 12.4. The normalized spacial score (nSPS) is 20.0. The first-order valence-corrected chi connectivity index (χ1v) is 9.98. The smallest absolute Gasteiger partial charge is 0.241 e. The summed E-state index contributed by atoms with van der Waals surface area (Å²) in [7, 11) is 0. The Kier molecular flexibility index (Phi) is 5.40. The Balaban J connectivity index is 1.42. The number of phenolic OH excluding ortho intramolecular Hbond substituents is 1. The van der Waals surface area contributed by atoms with Crippen molar-refractivity contribution in [2.75, 3.05) is 47.8 Å². The van der Waals surface area contributed by atoms with Crippen LogP contribution in [0.3, 0.4) is 0 Å². The van der Waals surface area contributed by atoms with E-state index in [1.54, 1.807) is 17.0 Å². The quantitative estimate of drug-likeness (QED) is 0.835. The maximum Gasteiger partial charge on any atom is 0.241 e. The Hall–Kier alpha value is -3.06. The largest absolute Gasteiger partial charge is 0.508 e. The second-order valence-corrected chi connectivity index (χ2v) is 7.66. The second-order valence-electron chi connectivity index (χ2n) is 7.66. The van der Waals surface area contributed by atoms with Crippen LogP contribution < -0.4 is 15.1 Å². The SMILES string of the molecule is C[C@@H]1CC(=O)Nc2ccccc2N1C(=O)CN1CCN(c2ccc(O)cc2)CC1. The van der Waals surface area contributed by atoms with Gasteiger partial charge in [0.2, 0.25) is 11.8 Å². The molecular formula is C22H26N4O3. The predicted molar refractivity (Wildman–Crippen MR) is 113 cm³/mol. The summed E-state index contributed by atoms with van der Waals surface area (Å²) >= 11 is 0. The number of carbonyl (C=O) groups is 2. The summed E-state index contributed by atoms with van der Waals surface area (Å²) in [5.41, 5.74) is 2.53. The number of fused-ring (bicyclic) bond motifs is 1. The number of carbonyl (C=O) groups excluding carboxylic acids is 2. The van der Waals surface area contributed by atoms with Crippen LogP contribution in [0.15, 0.2) is 48.5 Å². The zero-order valence-corrected chi connectivity index (χ0v) is 16.5. The van der Waals surface area contributed by atoms with Crippen molar-refractivity contribution in [3.05, 3.63) is 48.5 Å². The monoisotopic (exact) mass is 394 g/mol. The lowest BCUT2D eigenvalue weighted by molar-refractivity contribution is -0.120. The standard InChI is InChI=1S/C22H26N4O3/c1-16-14-21(28)23-19-4-2-3-5-20(19)26(16)22(29)15-24-10-12-25(13-11-24)17-6-8-18(27)9-7-17/h2-9,16,27H,10-15H2,1H3,(H,23,28)/t16-/m1/s1. The van der Waals surface area contributed by atoms with E-state index in [-0.39, 0.29) is 30.0 Å². The van der Waals surface area contributed by atoms with E-state index >= 15 is 0 Å². The Morgan fingerprint density at radius 3 is 2.48 bits per heavy atom. The van der Waals surface area contributed by atoms with E-state index < -0.39 is 0 Å². The van der Waals surface area contributed by atoms with E-state index in [2.05, 4.69) is 15.1 Å². The Morgan fingerprint density at radius 1 is 1.07 bits per heavy atom. The average Bonchev–Trinajstić information content (AvgIpc) is 2.83. The van der Waals surface area contributed by atoms with Crippen molar-refractivity contribution in [1.29, 1.82) is 0 Å². The van der Waals surface area contributed by atoms with Gasteiger partial charge in [-0.15, -0.1) is 0 Å². The minimum Gasteiger partial charge on any atom is -0.508 e. The first kappa shape index (κ1) is 19.3. The number of benzene rings is 2. The predicted octanol–water partition coefficient (Wildman–Crippen LogP) is 2.28. The van der Waals surface area contributed by atoms with Gasteiger partial charge < -0.3 is 20.2 Å². The molecule has 1 atom stereocenters. The van der Waals surface area contributed by atoms with Crippen LogP contribution in [0.5, 0.6) is 5.75 Å². The van der Waals surface area contributed by atoms with E-state index in [1.165, 1.54) is 0 Å². The number of para-hydroxylation sites is 2. The van der Waals surface area contributed by atoms with Crippen LogP contribution in [0.25, 0.3) is 0 Å². The molecule has 0 bridgehead atoms. The number of rotatable bonds is 3. The Labute approximate surface area is 170 Å². The summed E-state index contributed by atoms with van der Waals surface area (Å²) in [5.74, 6) is 0.208. The number of aromatic hydroxyl groups is 1. The lowest BCUT2D eigenvalue weighted by Crippen LogP contribution is -2.51. The molecule has 2 aromatic rings. The number of nitrogens with one attached hydrogen (secondary N) is 1. The lowest BCUT2D eigenvalue weighted by atomic mass is 10.1. The molecular weight excluding hydrogens is 368 g/mol. The number of amides is 2. The van der Waals surface area contributed by atoms with Gasteiger partial charge in [0.05, 0.1) is 17.9 Å². The van der Waals surface area contributed by atoms with Crippen molar-refractivity contribution in [2.24, 2.45) is 0 Å². The highest BCUT2D eigenvalue weighted by molar-refractivity contribution is 6.04. The van der Waals surface area contributed by atoms with Gasteiger partial charge in [-0.05, 0) is 43.3 Å². The number of anilines is 3. The van der Waals surface area contributed by atoms with Crippen LogP contribution >= 0.6 is 0 Å². The summed E-state index contributed by atoms with van der Waals surface area (Å²) in [6.07, 6.45) is 0.287. The molecule has 0 aliphatic carbocycles. The van der Waals surface area contributed by atoms with E-state index in [0.29, 0.717) is 12.2 Å². The van der Waals surface area contributed by atoms with Gasteiger partial charge in [-0.2, -0.15) is 0 Å². The molecule has 152 valence electrons. The molecule has 0 aromatic heterocycles. The van der Waals surface area contributed by atoms with Crippen LogP contribution in [0, 0.1) is 0 Å². The van der Waals surface area contributed by atoms with Crippen molar-refractivity contribution >= 4 is 28.9 Å². The lowest BCUT2D eigenvalue weighted by Gasteiger charge is -2.37. The number of hydrogen-bond acceptors (Lipinski definition) is 5. The van der Waals surface area contributed by atoms with Gasteiger partial charge >= 0.3 is 0 Å². The number of piperazine rings is 1. The van der Waals surface area contributed by atoms with Gasteiger partial charge in [-0.1, -0.05) is 12.1 Å². The van der Waals surface area contributed by atoms with Gasteiger partial charge in [0, 0.05) is 44.3 Å². The molecule has 4 rings (SSSR count). The van der Waals surface area contributed by atoms with E-state index in [0.717, 1.165) is 37.6 Å². The minimum absolute atomic E-state index is 0.0135. The molecule has 0 radical (unpaired) electrons. The molecule has 7 nitrogen and oxygen atoms in total. The molecule has 29 heavy (non-hydrogen) atoms. The topological polar surface area (TPSA) is 76.1 Å². The van der Waals surface area contributed by atoms with Crippen molar-refractivity contribution in [2.45, 2.75) is 19.4 Å². The fourth-order valence-corrected chi connectivity index (χ4v) is 4.06. The van der Waals surface area contributed by atoms with Crippen molar-refractivity contribution in [3.63, 3.8) is 0 Å². The Morgan fingerprint density at radius 2 is 1.76 bits per heavy atom. The van der Waals surface area contributed by atoms with Gasteiger partial charge in [0.1, 0.15) is 5.75 Å². The Bertz CT molecular complexity index is 891. The van der Waals surface area contributed by atoms with Gasteiger partial charge in [0.15, 0.2) is 0 Å². The molecule has 2 N–H and O–H groups in total. The second kappa shape index (κ2) is 8.13. The van der Waals surface area contributed by atoms with Crippen molar-refractivity contribution in [1.82, 2.24) is 4.90 Å². The van der Waals surface area contributed by atoms with E-state index in [9.17, 15) is 14.7 Å². The maximum absolute atomic E-state index is 13.2. The van der Waals surface area contributed by atoms with Gasteiger partial charge in [-0.25, -0.2) is 0 Å². The molecule has 0 saturated carbocycles. The molecule has 2 aromatic carbocycles. The summed E-state index contributed by atoms with van der Waals surface area (Å²) in [6.45, 7) is 5.47. The fraction of sp³-hybridized carbons (Fsp3) is 0.364. The first-order chi connectivity index (χ1) is 14.0. The molecule has 7 heteroatoms. The fourth-order valence-electron chi connectivity index (χ4n) is 4.06. The van der Waals surface area contributed by atoms with Gasteiger partial charge in [-0.3, -0.25) is 14.5 Å². The zero-order valence-electron chi connectivity index (χ0n) is 16.5. The molecule has 0 spiro atoms. The number of nitrogens with zero attached hydrogens (tertiary/aromatic N) is 3. The molecule has 2 heterocycles. The van der Waals surface area contributed by atoms with E-state index in [1.807, 2.05) is 43.3 Å². The van der Waals surface area contributed by atoms with Crippen LogP contribution in [0.2, 0.25) is 0 Å². The highest BCUT2D eigenvalue weighted by Gasteiger charge is 2.31. The third-order valence-electron chi connectivity index (χ3n) is 5.57. The highest BCUT2D eigenvalue weighted by Crippen LogP contribution is 2.31. The first-order valence-electron chi connectivity index (χ1n) is 9.98.